The third-order valence-corrected chi connectivity index (χ3v) is 4.79. The average Bonchev–Trinajstić information content (AvgIpc) is 2.95. The summed E-state index contributed by atoms with van der Waals surface area (Å²) in [4.78, 5) is 3.82. The molecule has 0 aliphatic heterocycles. The van der Waals surface area contributed by atoms with Gasteiger partial charge in [0.15, 0.2) is 0 Å². The van der Waals surface area contributed by atoms with Crippen molar-refractivity contribution in [1.29, 1.82) is 0 Å². The van der Waals surface area contributed by atoms with Crippen LogP contribution in [0.5, 0.6) is 0 Å². The van der Waals surface area contributed by atoms with Crippen LogP contribution in [0, 0.1) is 0 Å². The monoisotopic (exact) mass is 272 g/mol. The summed E-state index contributed by atoms with van der Waals surface area (Å²) >= 11 is 7.61. The minimum atomic E-state index is 0.827. The molecule has 0 saturated heterocycles. The maximum Gasteiger partial charge on any atom is 0.0516 e. The first-order valence-electron chi connectivity index (χ1n) is 6.39. The Morgan fingerprint density at radius 2 is 2.24 bits per heavy atom. The summed E-state index contributed by atoms with van der Waals surface area (Å²) in [5, 5.41) is 6.33. The zero-order valence-corrected chi connectivity index (χ0v) is 12.0. The third-order valence-electron chi connectivity index (χ3n) is 3.51. The summed E-state index contributed by atoms with van der Waals surface area (Å²) in [6.45, 7) is 3.14. The second-order valence-electron chi connectivity index (χ2n) is 4.83. The van der Waals surface area contributed by atoms with Crippen molar-refractivity contribution in [2.75, 3.05) is 20.1 Å². The number of thiophene rings is 1. The molecule has 1 saturated carbocycles. The summed E-state index contributed by atoms with van der Waals surface area (Å²) in [6.07, 6.45) is 5.60. The minimum absolute atomic E-state index is 0.827. The van der Waals surface area contributed by atoms with Crippen molar-refractivity contribution in [3.05, 3.63) is 21.3 Å². The Bertz CT molecular complexity index is 334. The SMILES string of the molecule is CN(CCNCc1cc(Cl)cs1)C1CCCC1. The van der Waals surface area contributed by atoms with Crippen LogP contribution < -0.4 is 5.32 Å². The standard InChI is InChI=1S/C13H21ClN2S/c1-16(12-4-2-3-5-12)7-6-15-9-13-8-11(14)10-17-13/h8,10,12,15H,2-7,9H2,1H3. The average molecular weight is 273 g/mol. The Hall–Kier alpha value is -0.0900. The maximum atomic E-state index is 5.88. The molecular formula is C13H21ClN2S. The van der Waals surface area contributed by atoms with Crippen LogP contribution in [-0.4, -0.2) is 31.1 Å². The van der Waals surface area contributed by atoms with Gasteiger partial charge in [-0.3, -0.25) is 0 Å². The van der Waals surface area contributed by atoms with Crippen LogP contribution >= 0.6 is 22.9 Å². The second kappa shape index (κ2) is 6.74. The molecule has 0 unspecified atom stereocenters. The van der Waals surface area contributed by atoms with Gasteiger partial charge in [0.25, 0.3) is 0 Å². The molecule has 2 nitrogen and oxygen atoms in total. The summed E-state index contributed by atoms with van der Waals surface area (Å²) in [6, 6.07) is 2.87. The van der Waals surface area contributed by atoms with Crippen molar-refractivity contribution >= 4 is 22.9 Å². The van der Waals surface area contributed by atoms with Gasteiger partial charge in [0.2, 0.25) is 0 Å². The van der Waals surface area contributed by atoms with Crippen molar-refractivity contribution in [3.8, 4) is 0 Å². The van der Waals surface area contributed by atoms with E-state index in [-0.39, 0.29) is 0 Å². The van der Waals surface area contributed by atoms with E-state index in [1.54, 1.807) is 11.3 Å². The van der Waals surface area contributed by atoms with E-state index < -0.39 is 0 Å². The molecule has 1 aromatic heterocycles. The molecule has 1 aliphatic carbocycles. The topological polar surface area (TPSA) is 15.3 Å². The molecule has 4 heteroatoms. The van der Waals surface area contributed by atoms with Gasteiger partial charge in [-0.05, 0) is 26.0 Å². The van der Waals surface area contributed by atoms with Crippen molar-refractivity contribution in [1.82, 2.24) is 10.2 Å². The molecule has 1 aromatic rings. The molecule has 0 amide bonds. The highest BCUT2D eigenvalue weighted by atomic mass is 35.5. The molecular weight excluding hydrogens is 252 g/mol. The van der Waals surface area contributed by atoms with E-state index in [0.717, 1.165) is 30.7 Å². The van der Waals surface area contributed by atoms with Gasteiger partial charge < -0.3 is 10.2 Å². The first-order valence-corrected chi connectivity index (χ1v) is 7.65. The first kappa shape index (κ1) is 13.3. The highest BCUT2D eigenvalue weighted by Gasteiger charge is 2.18. The van der Waals surface area contributed by atoms with Crippen molar-refractivity contribution in [3.63, 3.8) is 0 Å². The van der Waals surface area contributed by atoms with E-state index in [1.165, 1.54) is 30.6 Å². The van der Waals surface area contributed by atoms with Gasteiger partial charge in [-0.2, -0.15) is 0 Å². The van der Waals surface area contributed by atoms with E-state index in [1.807, 2.05) is 11.4 Å². The third kappa shape index (κ3) is 4.25. The molecule has 17 heavy (non-hydrogen) atoms. The van der Waals surface area contributed by atoms with Gasteiger partial charge in [0, 0.05) is 35.9 Å². The number of rotatable bonds is 6. The number of hydrogen-bond acceptors (Lipinski definition) is 3. The second-order valence-corrected chi connectivity index (χ2v) is 6.26. The molecule has 0 bridgehead atoms. The summed E-state index contributed by atoms with van der Waals surface area (Å²) in [5.74, 6) is 0. The number of nitrogens with one attached hydrogen (secondary N) is 1. The van der Waals surface area contributed by atoms with Crippen LogP contribution in [0.2, 0.25) is 5.02 Å². The Morgan fingerprint density at radius 3 is 2.88 bits per heavy atom. The van der Waals surface area contributed by atoms with Crippen molar-refractivity contribution in [2.24, 2.45) is 0 Å². The highest BCUT2D eigenvalue weighted by Crippen LogP contribution is 2.22. The number of hydrogen-bond donors (Lipinski definition) is 1. The van der Waals surface area contributed by atoms with Crippen LogP contribution in [0.25, 0.3) is 0 Å². The van der Waals surface area contributed by atoms with E-state index in [0.29, 0.717) is 0 Å². The molecule has 1 fully saturated rings. The van der Waals surface area contributed by atoms with E-state index in [9.17, 15) is 0 Å². The van der Waals surface area contributed by atoms with Gasteiger partial charge >= 0.3 is 0 Å². The largest absolute Gasteiger partial charge is 0.311 e. The molecule has 1 aliphatic rings. The minimum Gasteiger partial charge on any atom is -0.311 e. The number of halogens is 1. The van der Waals surface area contributed by atoms with Gasteiger partial charge in [-0.1, -0.05) is 24.4 Å². The quantitative estimate of drug-likeness (QED) is 0.799. The van der Waals surface area contributed by atoms with Crippen LogP contribution in [-0.2, 0) is 6.54 Å². The fraction of sp³-hybridized carbons (Fsp3) is 0.692. The summed E-state index contributed by atoms with van der Waals surface area (Å²) < 4.78 is 0. The maximum absolute atomic E-state index is 5.88. The zero-order valence-electron chi connectivity index (χ0n) is 10.4. The Morgan fingerprint density at radius 1 is 1.47 bits per heavy atom. The molecule has 2 rings (SSSR count). The van der Waals surface area contributed by atoms with Gasteiger partial charge in [0.05, 0.1) is 5.02 Å². The van der Waals surface area contributed by atoms with Gasteiger partial charge in [-0.15, -0.1) is 11.3 Å². The Labute approximate surface area is 113 Å². The van der Waals surface area contributed by atoms with Gasteiger partial charge in [-0.25, -0.2) is 0 Å². The van der Waals surface area contributed by atoms with Crippen molar-refractivity contribution in [2.45, 2.75) is 38.3 Å². The molecule has 0 aromatic carbocycles. The lowest BCUT2D eigenvalue weighted by Gasteiger charge is -2.23. The predicted molar refractivity (Wildman–Crippen MR) is 75.9 cm³/mol. The van der Waals surface area contributed by atoms with Gasteiger partial charge in [0.1, 0.15) is 0 Å². The molecule has 1 N–H and O–H groups in total. The smallest absolute Gasteiger partial charge is 0.0516 e. The van der Waals surface area contributed by atoms with Crippen LogP contribution in [0.3, 0.4) is 0 Å². The normalized spacial score (nSPS) is 17.1. The predicted octanol–water partition coefficient (Wildman–Crippen LogP) is 3.37. The van der Waals surface area contributed by atoms with Crippen LogP contribution in [0.4, 0.5) is 0 Å². The summed E-state index contributed by atoms with van der Waals surface area (Å²) in [5.41, 5.74) is 0. The molecule has 1 heterocycles. The van der Waals surface area contributed by atoms with Crippen LogP contribution in [0.1, 0.15) is 30.6 Å². The fourth-order valence-electron chi connectivity index (χ4n) is 2.44. The first-order chi connectivity index (χ1) is 8.25. The highest BCUT2D eigenvalue weighted by molar-refractivity contribution is 7.10. The summed E-state index contributed by atoms with van der Waals surface area (Å²) in [7, 11) is 2.25. The van der Waals surface area contributed by atoms with Crippen molar-refractivity contribution < 1.29 is 0 Å². The fourth-order valence-corrected chi connectivity index (χ4v) is 3.48. The lowest BCUT2D eigenvalue weighted by atomic mass is 10.2. The molecule has 96 valence electrons. The lowest BCUT2D eigenvalue weighted by molar-refractivity contribution is 0.245. The molecule has 0 radical (unpaired) electrons. The zero-order chi connectivity index (χ0) is 12.1. The lowest BCUT2D eigenvalue weighted by Crippen LogP contribution is -2.35. The van der Waals surface area contributed by atoms with E-state index >= 15 is 0 Å². The molecule has 0 spiro atoms. The van der Waals surface area contributed by atoms with Crippen LogP contribution in [0.15, 0.2) is 11.4 Å². The van der Waals surface area contributed by atoms with E-state index in [2.05, 4.69) is 17.3 Å². The Kier molecular flexibility index (Phi) is 5.29. The number of likely N-dealkylation sites (N-methyl/N-ethyl adjacent to an activating group) is 1. The van der Waals surface area contributed by atoms with E-state index in [4.69, 9.17) is 11.6 Å². The number of nitrogens with zero attached hydrogens (tertiary/aromatic N) is 1. The molecule has 0 atom stereocenters. The Balaban J connectivity index is 1.59.